The van der Waals surface area contributed by atoms with Crippen molar-refractivity contribution in [2.45, 2.75) is 26.2 Å². The van der Waals surface area contributed by atoms with Crippen LogP contribution in [0.3, 0.4) is 0 Å². The van der Waals surface area contributed by atoms with Gasteiger partial charge in [-0.25, -0.2) is 0 Å². The van der Waals surface area contributed by atoms with Crippen LogP contribution in [0.1, 0.15) is 26.2 Å². The van der Waals surface area contributed by atoms with Crippen molar-refractivity contribution in [1.29, 1.82) is 0 Å². The monoisotopic (exact) mass is 182 g/mol. The van der Waals surface area contributed by atoms with E-state index in [2.05, 4.69) is 23.5 Å². The molecule has 0 saturated carbocycles. The van der Waals surface area contributed by atoms with Crippen LogP contribution in [0.15, 0.2) is 0 Å². The Labute approximate surface area is 80.3 Å². The minimum Gasteiger partial charge on any atom is -0.355 e. The van der Waals surface area contributed by atoms with Gasteiger partial charge in [0.05, 0.1) is 0 Å². The van der Waals surface area contributed by atoms with Crippen molar-refractivity contribution in [2.24, 2.45) is 0 Å². The van der Waals surface area contributed by atoms with E-state index in [4.69, 9.17) is 6.42 Å². The normalized spacial score (nSPS) is 9.23. The van der Waals surface area contributed by atoms with Crippen molar-refractivity contribution in [3.8, 4) is 12.3 Å². The molecule has 2 N–H and O–H groups in total. The van der Waals surface area contributed by atoms with Crippen LogP contribution in [0, 0.1) is 12.3 Å². The number of carbonyl (C=O) groups is 1. The van der Waals surface area contributed by atoms with Gasteiger partial charge in [-0.3, -0.25) is 4.79 Å². The van der Waals surface area contributed by atoms with E-state index in [1.54, 1.807) is 0 Å². The molecule has 3 heteroatoms. The lowest BCUT2D eigenvalue weighted by molar-refractivity contribution is -0.120. The third-order valence-electron chi connectivity index (χ3n) is 1.55. The molecule has 74 valence electrons. The summed E-state index contributed by atoms with van der Waals surface area (Å²) in [6.45, 7) is 4.62. The maximum absolute atomic E-state index is 11.0. The van der Waals surface area contributed by atoms with E-state index in [-0.39, 0.29) is 5.91 Å². The summed E-state index contributed by atoms with van der Waals surface area (Å²) >= 11 is 0. The van der Waals surface area contributed by atoms with Gasteiger partial charge in [-0.2, -0.15) is 0 Å². The van der Waals surface area contributed by atoms with Gasteiger partial charge >= 0.3 is 0 Å². The molecule has 0 aromatic heterocycles. The smallest absolute Gasteiger partial charge is 0.220 e. The van der Waals surface area contributed by atoms with Crippen molar-refractivity contribution in [3.63, 3.8) is 0 Å². The molecule has 0 atom stereocenters. The van der Waals surface area contributed by atoms with Gasteiger partial charge in [0.15, 0.2) is 0 Å². The molecule has 13 heavy (non-hydrogen) atoms. The zero-order chi connectivity index (χ0) is 9.94. The molecule has 0 aliphatic rings. The van der Waals surface area contributed by atoms with Crippen LogP contribution in [-0.2, 0) is 4.79 Å². The molecule has 0 aromatic carbocycles. The van der Waals surface area contributed by atoms with E-state index >= 15 is 0 Å². The first-order valence-electron chi connectivity index (χ1n) is 4.72. The average Bonchev–Trinajstić information content (AvgIpc) is 2.14. The van der Waals surface area contributed by atoms with E-state index in [0.29, 0.717) is 19.4 Å². The Morgan fingerprint density at radius 1 is 1.38 bits per heavy atom. The van der Waals surface area contributed by atoms with Gasteiger partial charge in [-0.15, -0.1) is 12.3 Å². The Hall–Kier alpha value is -1.01. The highest BCUT2D eigenvalue weighted by atomic mass is 16.1. The number of hydrogen-bond donors (Lipinski definition) is 2. The largest absolute Gasteiger partial charge is 0.355 e. The van der Waals surface area contributed by atoms with Gasteiger partial charge in [0, 0.05) is 25.9 Å². The number of nitrogens with one attached hydrogen (secondary N) is 2. The molecule has 0 bridgehead atoms. The second-order valence-electron chi connectivity index (χ2n) is 2.80. The minimum atomic E-state index is 0.0382. The summed E-state index contributed by atoms with van der Waals surface area (Å²) in [6.07, 6.45) is 7.10. The Morgan fingerprint density at radius 3 is 2.77 bits per heavy atom. The first-order valence-corrected chi connectivity index (χ1v) is 4.72. The molecule has 0 radical (unpaired) electrons. The summed E-state index contributed by atoms with van der Waals surface area (Å²) in [7, 11) is 0. The summed E-state index contributed by atoms with van der Waals surface area (Å²) in [4.78, 5) is 11.0. The molecule has 0 saturated heterocycles. The molecule has 0 rings (SSSR count). The van der Waals surface area contributed by atoms with Crippen molar-refractivity contribution in [1.82, 2.24) is 10.6 Å². The Morgan fingerprint density at radius 2 is 2.15 bits per heavy atom. The standard InChI is InChI=1S/C10H18N2O/c1-3-5-6-10(13)12-9-8-11-7-4-2/h1,11H,4-9H2,2H3,(H,12,13). The average molecular weight is 182 g/mol. The van der Waals surface area contributed by atoms with Gasteiger partial charge in [0.2, 0.25) is 5.91 Å². The van der Waals surface area contributed by atoms with Crippen LogP contribution < -0.4 is 10.6 Å². The predicted octanol–water partition coefficient (Wildman–Crippen LogP) is 0.516. The van der Waals surface area contributed by atoms with Crippen LogP contribution >= 0.6 is 0 Å². The molecule has 1 amide bonds. The maximum Gasteiger partial charge on any atom is 0.220 e. The van der Waals surface area contributed by atoms with Crippen molar-refractivity contribution < 1.29 is 4.79 Å². The third kappa shape index (κ3) is 8.90. The van der Waals surface area contributed by atoms with Crippen LogP contribution in [0.25, 0.3) is 0 Å². The summed E-state index contributed by atoms with van der Waals surface area (Å²) in [5.74, 6) is 2.47. The summed E-state index contributed by atoms with van der Waals surface area (Å²) in [5, 5.41) is 5.97. The Bertz CT molecular complexity index is 172. The molecule has 3 nitrogen and oxygen atoms in total. The zero-order valence-electron chi connectivity index (χ0n) is 8.23. The van der Waals surface area contributed by atoms with E-state index < -0.39 is 0 Å². The lowest BCUT2D eigenvalue weighted by Gasteiger charge is -2.04. The fraction of sp³-hybridized carbons (Fsp3) is 0.700. The fourth-order valence-electron chi connectivity index (χ4n) is 0.866. The molecular formula is C10H18N2O. The van der Waals surface area contributed by atoms with Gasteiger partial charge in [-0.05, 0) is 13.0 Å². The Balaban J connectivity index is 3.13. The topological polar surface area (TPSA) is 41.1 Å². The number of carbonyl (C=O) groups excluding carboxylic acids is 1. The van der Waals surface area contributed by atoms with Crippen molar-refractivity contribution in [3.05, 3.63) is 0 Å². The highest BCUT2D eigenvalue weighted by Crippen LogP contribution is 1.84. The summed E-state index contributed by atoms with van der Waals surface area (Å²) in [5.41, 5.74) is 0. The second-order valence-corrected chi connectivity index (χ2v) is 2.80. The number of hydrogen-bond acceptors (Lipinski definition) is 2. The maximum atomic E-state index is 11.0. The SMILES string of the molecule is C#CCCC(=O)NCCNCCC. The van der Waals surface area contributed by atoms with Crippen LogP contribution in [0.2, 0.25) is 0 Å². The molecule has 0 aliphatic heterocycles. The molecule has 0 aliphatic carbocycles. The van der Waals surface area contributed by atoms with E-state index in [0.717, 1.165) is 19.5 Å². The van der Waals surface area contributed by atoms with Gasteiger partial charge in [0.25, 0.3) is 0 Å². The molecule has 0 spiro atoms. The van der Waals surface area contributed by atoms with E-state index in [1.165, 1.54) is 0 Å². The van der Waals surface area contributed by atoms with E-state index in [9.17, 15) is 4.79 Å². The lowest BCUT2D eigenvalue weighted by atomic mass is 10.3. The molecular weight excluding hydrogens is 164 g/mol. The summed E-state index contributed by atoms with van der Waals surface area (Å²) in [6, 6.07) is 0. The highest BCUT2D eigenvalue weighted by Gasteiger charge is 1.97. The third-order valence-corrected chi connectivity index (χ3v) is 1.55. The van der Waals surface area contributed by atoms with Crippen LogP contribution in [0.4, 0.5) is 0 Å². The Kier molecular flexibility index (Phi) is 8.38. The van der Waals surface area contributed by atoms with Crippen LogP contribution in [-0.4, -0.2) is 25.5 Å². The van der Waals surface area contributed by atoms with Gasteiger partial charge < -0.3 is 10.6 Å². The highest BCUT2D eigenvalue weighted by molar-refractivity contribution is 5.76. The summed E-state index contributed by atoms with van der Waals surface area (Å²) < 4.78 is 0. The molecule has 0 fully saturated rings. The van der Waals surface area contributed by atoms with Gasteiger partial charge in [0.1, 0.15) is 0 Å². The minimum absolute atomic E-state index is 0.0382. The van der Waals surface area contributed by atoms with Crippen molar-refractivity contribution >= 4 is 5.91 Å². The quantitative estimate of drug-likeness (QED) is 0.445. The first-order chi connectivity index (χ1) is 6.31. The first kappa shape index (κ1) is 12.0. The van der Waals surface area contributed by atoms with Gasteiger partial charge in [-0.1, -0.05) is 6.92 Å². The zero-order valence-corrected chi connectivity index (χ0v) is 8.23. The second kappa shape index (κ2) is 9.08. The lowest BCUT2D eigenvalue weighted by Crippen LogP contribution is -2.31. The number of rotatable bonds is 7. The number of terminal acetylenes is 1. The predicted molar refractivity (Wildman–Crippen MR) is 54.2 cm³/mol. The molecule has 0 unspecified atom stereocenters. The van der Waals surface area contributed by atoms with E-state index in [1.807, 2.05) is 0 Å². The van der Waals surface area contributed by atoms with Crippen LogP contribution in [0.5, 0.6) is 0 Å². The molecule has 0 heterocycles. The molecule has 0 aromatic rings. The fourth-order valence-corrected chi connectivity index (χ4v) is 0.866. The van der Waals surface area contributed by atoms with Crippen molar-refractivity contribution in [2.75, 3.05) is 19.6 Å². The number of amides is 1.